The summed E-state index contributed by atoms with van der Waals surface area (Å²) in [6.45, 7) is 2.31. The highest BCUT2D eigenvalue weighted by Gasteiger charge is 1.99. The molecule has 0 aliphatic rings. The molecule has 0 aromatic heterocycles. The molecule has 0 radical (unpaired) electrons. The minimum atomic E-state index is 1.26. The van der Waals surface area contributed by atoms with E-state index in [1.807, 2.05) is 0 Å². The number of hydrogen-bond acceptors (Lipinski definition) is 0. The third-order valence-electron chi connectivity index (χ3n) is 12.4. The van der Waals surface area contributed by atoms with E-state index >= 15 is 0 Å². The van der Waals surface area contributed by atoms with E-state index in [0.29, 0.717) is 0 Å². The zero-order valence-electron chi connectivity index (χ0n) is 36.9. The van der Waals surface area contributed by atoms with Gasteiger partial charge in [0.15, 0.2) is 0 Å². The Balaban J connectivity index is 1.60. The Morgan fingerprint density at radius 2 is 0.377 bits per heavy atom. The molecule has 0 atom stereocenters. The molecule has 0 saturated carbocycles. The van der Waals surface area contributed by atoms with Gasteiger partial charge in [0.25, 0.3) is 0 Å². The molecule has 1 aromatic carbocycles. The molecule has 312 valence electrons. The molecule has 0 aliphatic carbocycles. The number of benzene rings is 1. The van der Waals surface area contributed by atoms with Gasteiger partial charge in [-0.15, -0.1) is 0 Å². The van der Waals surface area contributed by atoms with Gasteiger partial charge in [-0.3, -0.25) is 0 Å². The zero-order chi connectivity index (χ0) is 37.6. The third kappa shape index (κ3) is 42.2. The van der Waals surface area contributed by atoms with Crippen molar-refractivity contribution in [3.8, 4) is 0 Å². The lowest BCUT2D eigenvalue weighted by Gasteiger charge is -2.05. The van der Waals surface area contributed by atoms with Crippen molar-refractivity contribution in [2.24, 2.45) is 0 Å². The van der Waals surface area contributed by atoms with E-state index < -0.39 is 0 Å². The molecule has 0 bridgehead atoms. The smallest absolute Gasteiger partial charge is 0.0279 e. The SMILES string of the molecule is CCCCCCCCCCCCCCCCCCCCCCCCCCCCCCCCCCCCCCCCCCCCCCCc1ccccc1. The summed E-state index contributed by atoms with van der Waals surface area (Å²) in [6.07, 6.45) is 67.8. The molecule has 0 unspecified atom stereocenters. The molecule has 0 heteroatoms. The molecule has 0 aliphatic heterocycles. The predicted octanol–water partition coefficient (Wildman–Crippen LogP) is 19.8. The molecule has 0 heterocycles. The minimum Gasteiger partial charge on any atom is -0.0654 e. The maximum absolute atomic E-state index is 2.31. The van der Waals surface area contributed by atoms with Crippen LogP contribution in [0.1, 0.15) is 301 Å². The van der Waals surface area contributed by atoms with Gasteiger partial charge in [-0.1, -0.05) is 320 Å². The summed E-state index contributed by atoms with van der Waals surface area (Å²) in [4.78, 5) is 0. The van der Waals surface area contributed by atoms with Crippen molar-refractivity contribution in [3.63, 3.8) is 0 Å². The second-order valence-electron chi connectivity index (χ2n) is 17.8. The summed E-state index contributed by atoms with van der Waals surface area (Å²) >= 11 is 0. The van der Waals surface area contributed by atoms with Crippen LogP contribution in [0.15, 0.2) is 30.3 Å². The van der Waals surface area contributed by atoms with Crippen LogP contribution < -0.4 is 0 Å². The fraction of sp³-hybridized carbons (Fsp3) is 0.887. The Bertz CT molecular complexity index is 751. The van der Waals surface area contributed by atoms with Crippen LogP contribution in [0.2, 0.25) is 0 Å². The van der Waals surface area contributed by atoms with Crippen LogP contribution >= 0.6 is 0 Å². The van der Waals surface area contributed by atoms with Crippen LogP contribution in [0.4, 0.5) is 0 Å². The van der Waals surface area contributed by atoms with E-state index in [0.717, 1.165) is 0 Å². The summed E-state index contributed by atoms with van der Waals surface area (Å²) < 4.78 is 0. The first-order valence-corrected chi connectivity index (χ1v) is 25.5. The third-order valence-corrected chi connectivity index (χ3v) is 12.4. The first-order chi connectivity index (χ1) is 26.4. The highest BCUT2D eigenvalue weighted by atomic mass is 14.1. The Labute approximate surface area is 337 Å². The fourth-order valence-electron chi connectivity index (χ4n) is 8.65. The van der Waals surface area contributed by atoms with E-state index in [4.69, 9.17) is 0 Å². The predicted molar refractivity (Wildman–Crippen MR) is 244 cm³/mol. The average molecular weight is 737 g/mol. The molecule has 53 heavy (non-hydrogen) atoms. The molecule has 1 aromatic rings. The molecular formula is C53H100. The second kappa shape index (κ2) is 45.6. The van der Waals surface area contributed by atoms with E-state index in [9.17, 15) is 0 Å². The standard InChI is InChI=1S/C53H100/c1-2-3-4-5-6-7-8-9-10-11-12-13-14-15-16-17-18-19-20-21-22-23-24-25-26-27-28-29-30-31-32-33-34-35-36-37-38-39-40-41-42-43-44-45-47-50-53-51-48-46-49-52-53/h46,48-49,51-52H,2-45,47,50H2,1H3. The van der Waals surface area contributed by atoms with Gasteiger partial charge in [0.2, 0.25) is 0 Å². The fourth-order valence-corrected chi connectivity index (χ4v) is 8.65. The zero-order valence-corrected chi connectivity index (χ0v) is 36.9. The Morgan fingerprint density at radius 3 is 0.566 bits per heavy atom. The van der Waals surface area contributed by atoms with Gasteiger partial charge < -0.3 is 0 Å². The van der Waals surface area contributed by atoms with Gasteiger partial charge in [0, 0.05) is 0 Å². The van der Waals surface area contributed by atoms with Crippen molar-refractivity contribution in [1.29, 1.82) is 0 Å². The molecule has 0 amide bonds. The number of hydrogen-bond donors (Lipinski definition) is 0. The van der Waals surface area contributed by atoms with Crippen molar-refractivity contribution in [2.75, 3.05) is 0 Å². The molecule has 0 N–H and O–H groups in total. The minimum absolute atomic E-state index is 1.26. The van der Waals surface area contributed by atoms with Crippen LogP contribution in [0.25, 0.3) is 0 Å². The van der Waals surface area contributed by atoms with Crippen LogP contribution in [0, 0.1) is 0 Å². The van der Waals surface area contributed by atoms with Crippen LogP contribution in [0.3, 0.4) is 0 Å². The summed E-state index contributed by atoms with van der Waals surface area (Å²) in [7, 11) is 0. The van der Waals surface area contributed by atoms with Crippen molar-refractivity contribution >= 4 is 0 Å². The quantitative estimate of drug-likeness (QED) is 0.0585. The van der Waals surface area contributed by atoms with Crippen molar-refractivity contribution in [3.05, 3.63) is 35.9 Å². The summed E-state index contributed by atoms with van der Waals surface area (Å²) in [6, 6.07) is 11.0. The van der Waals surface area contributed by atoms with Crippen molar-refractivity contribution < 1.29 is 0 Å². The highest BCUT2D eigenvalue weighted by molar-refractivity contribution is 5.14. The van der Waals surface area contributed by atoms with Gasteiger partial charge in [-0.2, -0.15) is 0 Å². The van der Waals surface area contributed by atoms with Gasteiger partial charge >= 0.3 is 0 Å². The number of unbranched alkanes of at least 4 members (excludes halogenated alkanes) is 44. The van der Waals surface area contributed by atoms with Crippen molar-refractivity contribution in [1.82, 2.24) is 0 Å². The molecule has 0 nitrogen and oxygen atoms in total. The lowest BCUT2D eigenvalue weighted by molar-refractivity contribution is 0.508. The lowest BCUT2D eigenvalue weighted by atomic mass is 10.0. The molecule has 0 saturated heterocycles. The van der Waals surface area contributed by atoms with E-state index in [-0.39, 0.29) is 0 Å². The van der Waals surface area contributed by atoms with E-state index in [2.05, 4.69) is 37.3 Å². The van der Waals surface area contributed by atoms with E-state index in [1.54, 1.807) is 0 Å². The van der Waals surface area contributed by atoms with Gasteiger partial charge in [-0.05, 0) is 18.4 Å². The first kappa shape index (κ1) is 50.2. The number of aryl methyl sites for hydroxylation is 1. The van der Waals surface area contributed by atoms with Gasteiger partial charge in [-0.25, -0.2) is 0 Å². The van der Waals surface area contributed by atoms with Gasteiger partial charge in [0.05, 0.1) is 0 Å². The molecular weight excluding hydrogens is 637 g/mol. The average Bonchev–Trinajstić information content (AvgIpc) is 3.18. The topological polar surface area (TPSA) is 0 Å². The van der Waals surface area contributed by atoms with Crippen LogP contribution in [-0.4, -0.2) is 0 Å². The maximum Gasteiger partial charge on any atom is -0.0279 e. The largest absolute Gasteiger partial charge is 0.0654 e. The maximum atomic E-state index is 2.31. The number of rotatable bonds is 46. The lowest BCUT2D eigenvalue weighted by Crippen LogP contribution is -1.86. The summed E-state index contributed by atoms with van der Waals surface area (Å²) in [5, 5.41) is 0. The first-order valence-electron chi connectivity index (χ1n) is 25.5. The molecule has 1 rings (SSSR count). The van der Waals surface area contributed by atoms with Crippen molar-refractivity contribution in [2.45, 2.75) is 302 Å². The molecule has 0 fully saturated rings. The van der Waals surface area contributed by atoms with Crippen LogP contribution in [0.5, 0.6) is 0 Å². The Morgan fingerprint density at radius 1 is 0.208 bits per heavy atom. The highest BCUT2D eigenvalue weighted by Crippen LogP contribution is 2.18. The van der Waals surface area contributed by atoms with E-state index in [1.165, 1.54) is 301 Å². The summed E-state index contributed by atoms with van der Waals surface area (Å²) in [5.41, 5.74) is 1.51. The Kier molecular flexibility index (Phi) is 43.2. The molecule has 0 spiro atoms. The summed E-state index contributed by atoms with van der Waals surface area (Å²) in [5.74, 6) is 0. The normalized spacial score (nSPS) is 11.6. The van der Waals surface area contributed by atoms with Gasteiger partial charge in [0.1, 0.15) is 0 Å². The monoisotopic (exact) mass is 737 g/mol. The Hall–Kier alpha value is -0.780. The second-order valence-corrected chi connectivity index (χ2v) is 17.8. The van der Waals surface area contributed by atoms with Crippen LogP contribution in [-0.2, 0) is 6.42 Å².